The molecule has 0 aromatic heterocycles. The molecular formula is C14H13BrO3. The summed E-state index contributed by atoms with van der Waals surface area (Å²) in [7, 11) is 0. The molecule has 0 saturated heterocycles. The lowest BCUT2D eigenvalue weighted by atomic mass is 10.2. The van der Waals surface area contributed by atoms with Gasteiger partial charge in [-0.2, -0.15) is 0 Å². The van der Waals surface area contributed by atoms with Crippen molar-refractivity contribution in [2.45, 2.75) is 13.2 Å². The summed E-state index contributed by atoms with van der Waals surface area (Å²) in [4.78, 5) is 0. The number of benzene rings is 2. The third-order valence-corrected chi connectivity index (χ3v) is 2.98. The molecule has 94 valence electrons. The smallest absolute Gasteiger partial charge is 0.163 e. The van der Waals surface area contributed by atoms with Crippen LogP contribution in [0.15, 0.2) is 46.9 Å². The van der Waals surface area contributed by atoms with E-state index in [0.29, 0.717) is 17.9 Å². The molecule has 18 heavy (non-hydrogen) atoms. The summed E-state index contributed by atoms with van der Waals surface area (Å²) in [5.41, 5.74) is 1.45. The normalized spacial score (nSPS) is 10.3. The van der Waals surface area contributed by atoms with Crippen molar-refractivity contribution < 1.29 is 14.9 Å². The van der Waals surface area contributed by atoms with Crippen molar-refractivity contribution in [1.29, 1.82) is 0 Å². The van der Waals surface area contributed by atoms with E-state index in [1.54, 1.807) is 12.1 Å². The first kappa shape index (κ1) is 12.9. The van der Waals surface area contributed by atoms with Crippen LogP contribution >= 0.6 is 15.9 Å². The number of hydrogen-bond acceptors (Lipinski definition) is 3. The number of phenols is 1. The van der Waals surface area contributed by atoms with Crippen LogP contribution in [0.1, 0.15) is 11.1 Å². The van der Waals surface area contributed by atoms with E-state index >= 15 is 0 Å². The fourth-order valence-electron chi connectivity index (χ4n) is 1.59. The molecule has 0 saturated carbocycles. The second kappa shape index (κ2) is 5.89. The highest BCUT2D eigenvalue weighted by molar-refractivity contribution is 9.10. The third kappa shape index (κ3) is 3.03. The van der Waals surface area contributed by atoms with Gasteiger partial charge in [0.2, 0.25) is 0 Å². The molecule has 3 nitrogen and oxygen atoms in total. The second-order valence-electron chi connectivity index (χ2n) is 3.84. The van der Waals surface area contributed by atoms with E-state index in [4.69, 9.17) is 9.84 Å². The Morgan fingerprint density at radius 2 is 1.83 bits per heavy atom. The SMILES string of the molecule is OCc1cc(Br)cc(OCc2ccccc2)c1O. The first-order valence-corrected chi connectivity index (χ1v) is 6.29. The fraction of sp³-hybridized carbons (Fsp3) is 0.143. The zero-order valence-corrected chi connectivity index (χ0v) is 11.2. The van der Waals surface area contributed by atoms with Crippen molar-refractivity contribution in [3.05, 3.63) is 58.1 Å². The van der Waals surface area contributed by atoms with Gasteiger partial charge in [-0.25, -0.2) is 0 Å². The molecule has 0 heterocycles. The molecule has 2 aromatic rings. The molecule has 0 spiro atoms. The van der Waals surface area contributed by atoms with Gasteiger partial charge >= 0.3 is 0 Å². The lowest BCUT2D eigenvalue weighted by Crippen LogP contribution is -1.97. The summed E-state index contributed by atoms with van der Waals surface area (Å²) < 4.78 is 6.31. The molecular weight excluding hydrogens is 296 g/mol. The average Bonchev–Trinajstić information content (AvgIpc) is 2.40. The molecule has 0 fully saturated rings. The molecule has 0 radical (unpaired) electrons. The molecule has 0 aliphatic rings. The predicted molar refractivity (Wildman–Crippen MR) is 72.5 cm³/mol. The van der Waals surface area contributed by atoms with Crippen LogP contribution in [0.3, 0.4) is 0 Å². The molecule has 0 unspecified atom stereocenters. The second-order valence-corrected chi connectivity index (χ2v) is 4.76. The summed E-state index contributed by atoms with van der Waals surface area (Å²) in [6, 6.07) is 13.0. The molecule has 2 N–H and O–H groups in total. The lowest BCUT2D eigenvalue weighted by molar-refractivity contribution is 0.263. The third-order valence-electron chi connectivity index (χ3n) is 2.53. The number of rotatable bonds is 4. The summed E-state index contributed by atoms with van der Waals surface area (Å²) in [5.74, 6) is 0.342. The van der Waals surface area contributed by atoms with Crippen molar-refractivity contribution in [1.82, 2.24) is 0 Å². The maximum absolute atomic E-state index is 9.89. The Hall–Kier alpha value is -1.52. The van der Waals surface area contributed by atoms with Gasteiger partial charge in [-0.15, -0.1) is 0 Å². The average molecular weight is 309 g/mol. The van der Waals surface area contributed by atoms with Gasteiger partial charge in [-0.05, 0) is 17.7 Å². The van der Waals surface area contributed by atoms with Crippen molar-refractivity contribution in [3.63, 3.8) is 0 Å². The van der Waals surface area contributed by atoms with Crippen LogP contribution in [0, 0.1) is 0 Å². The minimum Gasteiger partial charge on any atom is -0.504 e. The summed E-state index contributed by atoms with van der Waals surface area (Å²) in [5, 5.41) is 19.0. The quantitative estimate of drug-likeness (QED) is 0.911. The number of halogens is 1. The van der Waals surface area contributed by atoms with Crippen molar-refractivity contribution in [3.8, 4) is 11.5 Å². The molecule has 2 aromatic carbocycles. The van der Waals surface area contributed by atoms with Gasteiger partial charge in [0.1, 0.15) is 6.61 Å². The van der Waals surface area contributed by atoms with E-state index in [2.05, 4.69) is 15.9 Å². The topological polar surface area (TPSA) is 49.7 Å². The van der Waals surface area contributed by atoms with Crippen LogP contribution in [0.2, 0.25) is 0 Å². The monoisotopic (exact) mass is 308 g/mol. The first-order chi connectivity index (χ1) is 8.70. The van der Waals surface area contributed by atoms with Gasteiger partial charge in [0.05, 0.1) is 6.61 Å². The minimum atomic E-state index is -0.229. The standard InChI is InChI=1S/C14H13BrO3/c15-12-6-11(8-16)14(17)13(7-12)18-9-10-4-2-1-3-5-10/h1-7,16-17H,8-9H2. The highest BCUT2D eigenvalue weighted by atomic mass is 79.9. The lowest BCUT2D eigenvalue weighted by Gasteiger charge is -2.11. The van der Waals surface area contributed by atoms with Gasteiger partial charge in [0, 0.05) is 10.0 Å². The molecule has 0 atom stereocenters. The number of aliphatic hydroxyl groups excluding tert-OH is 1. The highest BCUT2D eigenvalue weighted by Gasteiger charge is 2.10. The summed E-state index contributed by atoms with van der Waals surface area (Å²) in [6.07, 6.45) is 0. The van der Waals surface area contributed by atoms with E-state index < -0.39 is 0 Å². The summed E-state index contributed by atoms with van der Waals surface area (Å²) in [6.45, 7) is 0.142. The molecule has 4 heteroatoms. The van der Waals surface area contributed by atoms with E-state index in [9.17, 15) is 5.11 Å². The van der Waals surface area contributed by atoms with Gasteiger partial charge in [-0.3, -0.25) is 0 Å². The van der Waals surface area contributed by atoms with Crippen LogP contribution in [0.5, 0.6) is 11.5 Å². The number of ether oxygens (including phenoxy) is 1. The largest absolute Gasteiger partial charge is 0.504 e. The van der Waals surface area contributed by atoms with Crippen LogP contribution in [0.4, 0.5) is 0 Å². The Bertz CT molecular complexity index is 526. The van der Waals surface area contributed by atoms with Crippen molar-refractivity contribution in [2.75, 3.05) is 0 Å². The molecule has 0 bridgehead atoms. The summed E-state index contributed by atoms with van der Waals surface area (Å²) >= 11 is 3.31. The maximum Gasteiger partial charge on any atom is 0.163 e. The Labute approximate surface area is 114 Å². The highest BCUT2D eigenvalue weighted by Crippen LogP contribution is 2.34. The fourth-order valence-corrected chi connectivity index (χ4v) is 2.08. The zero-order chi connectivity index (χ0) is 13.0. The van der Waals surface area contributed by atoms with E-state index in [-0.39, 0.29) is 12.4 Å². The Balaban J connectivity index is 2.17. The van der Waals surface area contributed by atoms with Gasteiger partial charge in [0.15, 0.2) is 11.5 Å². The van der Waals surface area contributed by atoms with E-state index in [1.165, 1.54) is 0 Å². The zero-order valence-electron chi connectivity index (χ0n) is 9.64. The molecule has 0 amide bonds. The predicted octanol–water partition coefficient (Wildman–Crippen LogP) is 3.23. The maximum atomic E-state index is 9.89. The molecule has 0 aliphatic heterocycles. The number of hydrogen-bond donors (Lipinski definition) is 2. The van der Waals surface area contributed by atoms with Crippen molar-refractivity contribution in [2.24, 2.45) is 0 Å². The van der Waals surface area contributed by atoms with E-state index in [0.717, 1.165) is 10.0 Å². The van der Waals surface area contributed by atoms with Crippen LogP contribution in [0.25, 0.3) is 0 Å². The van der Waals surface area contributed by atoms with Crippen LogP contribution < -0.4 is 4.74 Å². The van der Waals surface area contributed by atoms with Gasteiger partial charge in [-0.1, -0.05) is 46.3 Å². The number of aromatic hydroxyl groups is 1. The Kier molecular flexibility index (Phi) is 4.23. The van der Waals surface area contributed by atoms with Crippen molar-refractivity contribution >= 4 is 15.9 Å². The Morgan fingerprint density at radius 3 is 2.50 bits per heavy atom. The minimum absolute atomic E-state index is 0.0170. The first-order valence-electron chi connectivity index (χ1n) is 5.49. The molecule has 0 aliphatic carbocycles. The molecule has 2 rings (SSSR count). The Morgan fingerprint density at radius 1 is 1.11 bits per heavy atom. The van der Waals surface area contributed by atoms with Crippen LogP contribution in [-0.4, -0.2) is 10.2 Å². The van der Waals surface area contributed by atoms with Crippen LogP contribution in [-0.2, 0) is 13.2 Å². The van der Waals surface area contributed by atoms with Gasteiger partial charge in [0.25, 0.3) is 0 Å². The number of aliphatic hydroxyl groups is 1. The van der Waals surface area contributed by atoms with Gasteiger partial charge < -0.3 is 14.9 Å². The van der Waals surface area contributed by atoms with E-state index in [1.807, 2.05) is 30.3 Å².